The van der Waals surface area contributed by atoms with E-state index in [0.717, 1.165) is 28.1 Å². The van der Waals surface area contributed by atoms with Crippen LogP contribution in [0.15, 0.2) is 77.9 Å². The number of hydrogen-bond acceptors (Lipinski definition) is 5. The highest BCUT2D eigenvalue weighted by Gasteiger charge is 2.16. The molecule has 0 bridgehead atoms. The molecule has 4 aromatic heterocycles. The Kier molecular flexibility index (Phi) is 6.63. The first kappa shape index (κ1) is 23.8. The first-order valence-corrected chi connectivity index (χ1v) is 12.9. The van der Waals surface area contributed by atoms with Crippen LogP contribution >= 0.6 is 11.6 Å². The predicted octanol–water partition coefficient (Wildman–Crippen LogP) is 5.59. The fourth-order valence-electron chi connectivity index (χ4n) is 3.95. The molecule has 0 aliphatic rings. The first-order chi connectivity index (χ1) is 17.4. The number of anilines is 1. The lowest BCUT2D eigenvalue weighted by molar-refractivity contribution is 0.685. The molecule has 1 aromatic carbocycles. The first-order valence-electron chi connectivity index (χ1n) is 11.2. The van der Waals surface area contributed by atoms with E-state index < -0.39 is 11.0 Å². The third-order valence-electron chi connectivity index (χ3n) is 5.65. The number of H-pyrrole nitrogens is 1. The van der Waals surface area contributed by atoms with Crippen LogP contribution in [0.2, 0.25) is 5.15 Å². The number of benzene rings is 1. The number of nitrogens with one attached hydrogen (secondary N) is 2. The Morgan fingerprint density at radius 3 is 2.50 bits per heavy atom. The summed E-state index contributed by atoms with van der Waals surface area (Å²) < 4.78 is 15.6. The van der Waals surface area contributed by atoms with Gasteiger partial charge in [0.05, 0.1) is 28.7 Å². The topological polar surface area (TPSA) is 101 Å². The van der Waals surface area contributed by atoms with E-state index in [1.54, 1.807) is 24.5 Å². The fraction of sp³-hybridized carbons (Fsp3) is 0.111. The van der Waals surface area contributed by atoms with Gasteiger partial charge in [-0.3, -0.25) is 9.78 Å². The molecule has 2 N–H and O–H groups in total. The SMILES string of the molecule is Cc1ccc(NS(=O)Cc2c[nH]c3nc(-c4ccccc4)c(-c4cc(C)nc(Cl)c4)cc3c2=O)cn1. The van der Waals surface area contributed by atoms with Crippen molar-refractivity contribution in [3.05, 3.63) is 105 Å². The molecule has 0 aliphatic heterocycles. The minimum absolute atomic E-state index is 0.0229. The van der Waals surface area contributed by atoms with Crippen molar-refractivity contribution in [2.24, 2.45) is 0 Å². The van der Waals surface area contributed by atoms with Gasteiger partial charge in [0.2, 0.25) is 0 Å². The van der Waals surface area contributed by atoms with E-state index in [2.05, 4.69) is 19.7 Å². The van der Waals surface area contributed by atoms with Crippen molar-refractivity contribution in [1.82, 2.24) is 19.9 Å². The summed E-state index contributed by atoms with van der Waals surface area (Å²) in [5, 5.41) is 0.764. The van der Waals surface area contributed by atoms with Crippen LogP contribution in [0, 0.1) is 13.8 Å². The lowest BCUT2D eigenvalue weighted by atomic mass is 9.98. The molecule has 180 valence electrons. The number of aromatic amines is 1. The zero-order valence-corrected chi connectivity index (χ0v) is 21.2. The number of nitrogens with zero attached hydrogens (tertiary/aromatic N) is 3. The molecule has 0 radical (unpaired) electrons. The molecule has 7 nitrogen and oxygen atoms in total. The number of aryl methyl sites for hydroxylation is 2. The lowest BCUT2D eigenvalue weighted by Crippen LogP contribution is -2.16. The van der Waals surface area contributed by atoms with Gasteiger partial charge in [0.15, 0.2) is 5.43 Å². The summed E-state index contributed by atoms with van der Waals surface area (Å²) >= 11 is 6.26. The quantitative estimate of drug-likeness (QED) is 0.287. The Hall–Kier alpha value is -3.88. The van der Waals surface area contributed by atoms with Crippen LogP contribution in [0.1, 0.15) is 17.0 Å². The average molecular weight is 516 g/mol. The second-order valence-corrected chi connectivity index (χ2v) is 9.96. The van der Waals surface area contributed by atoms with E-state index in [1.165, 1.54) is 0 Å². The Labute approximate surface area is 215 Å². The maximum Gasteiger partial charge on any atom is 0.195 e. The van der Waals surface area contributed by atoms with Crippen LogP contribution in [-0.4, -0.2) is 24.1 Å². The number of hydrogen-bond donors (Lipinski definition) is 2. The summed E-state index contributed by atoms with van der Waals surface area (Å²) in [6, 6.07) is 18.9. The molecule has 36 heavy (non-hydrogen) atoms. The zero-order valence-electron chi connectivity index (χ0n) is 19.6. The van der Waals surface area contributed by atoms with Crippen molar-refractivity contribution in [2.75, 3.05) is 4.72 Å². The van der Waals surface area contributed by atoms with E-state index >= 15 is 0 Å². The standard InChI is InChI=1S/C27H22ClN5O2S/c1-16-8-9-21(14-29-16)33-36(35)15-20-13-30-27-23(26(20)34)12-22(19-10-17(2)31-24(28)11-19)25(32-27)18-6-4-3-5-7-18/h3-14,33H,15H2,1-2H3,(H,30,32,34). The average Bonchev–Trinajstić information content (AvgIpc) is 2.86. The van der Waals surface area contributed by atoms with E-state index in [0.29, 0.717) is 33.1 Å². The van der Waals surface area contributed by atoms with Crippen LogP contribution in [0.25, 0.3) is 33.4 Å². The normalized spacial score (nSPS) is 12.0. The molecular weight excluding hydrogens is 494 g/mol. The molecule has 4 heterocycles. The monoisotopic (exact) mass is 515 g/mol. The Morgan fingerprint density at radius 1 is 0.972 bits per heavy atom. The molecule has 0 aliphatic carbocycles. The summed E-state index contributed by atoms with van der Waals surface area (Å²) in [6.07, 6.45) is 3.19. The Balaban J connectivity index is 1.59. The molecular formula is C27H22ClN5O2S. The van der Waals surface area contributed by atoms with Crippen LogP contribution in [0.4, 0.5) is 5.69 Å². The van der Waals surface area contributed by atoms with Crippen molar-refractivity contribution < 1.29 is 4.21 Å². The summed E-state index contributed by atoms with van der Waals surface area (Å²) in [4.78, 5) is 29.9. The van der Waals surface area contributed by atoms with Crippen molar-refractivity contribution in [1.29, 1.82) is 0 Å². The highest BCUT2D eigenvalue weighted by Crippen LogP contribution is 2.33. The van der Waals surface area contributed by atoms with Crippen LogP contribution in [0.3, 0.4) is 0 Å². The molecule has 0 spiro atoms. The smallest absolute Gasteiger partial charge is 0.195 e. The van der Waals surface area contributed by atoms with Gasteiger partial charge in [-0.1, -0.05) is 41.9 Å². The molecule has 0 saturated carbocycles. The van der Waals surface area contributed by atoms with E-state index in [4.69, 9.17) is 16.6 Å². The van der Waals surface area contributed by atoms with Crippen molar-refractivity contribution in [3.63, 3.8) is 0 Å². The molecule has 5 aromatic rings. The van der Waals surface area contributed by atoms with Crippen LogP contribution in [-0.2, 0) is 16.7 Å². The van der Waals surface area contributed by atoms with Crippen LogP contribution in [0.5, 0.6) is 0 Å². The number of pyridine rings is 4. The van der Waals surface area contributed by atoms with Gasteiger partial charge in [-0.25, -0.2) is 14.2 Å². The number of fused-ring (bicyclic) bond motifs is 1. The number of halogens is 1. The van der Waals surface area contributed by atoms with Gasteiger partial charge in [0.25, 0.3) is 0 Å². The fourth-order valence-corrected chi connectivity index (χ4v) is 5.16. The molecule has 0 amide bonds. The second-order valence-electron chi connectivity index (χ2n) is 8.39. The minimum Gasteiger partial charge on any atom is -0.346 e. The highest BCUT2D eigenvalue weighted by molar-refractivity contribution is 7.85. The van der Waals surface area contributed by atoms with Gasteiger partial charge in [-0.05, 0) is 49.7 Å². The van der Waals surface area contributed by atoms with E-state index in [1.807, 2.05) is 62.4 Å². The number of rotatable bonds is 6. The summed E-state index contributed by atoms with van der Waals surface area (Å²) in [6.45, 7) is 3.74. The van der Waals surface area contributed by atoms with Gasteiger partial charge in [0.1, 0.15) is 21.8 Å². The summed E-state index contributed by atoms with van der Waals surface area (Å²) in [7, 11) is -1.52. The maximum atomic E-state index is 13.5. The molecule has 5 rings (SSSR count). The van der Waals surface area contributed by atoms with Crippen molar-refractivity contribution in [3.8, 4) is 22.4 Å². The molecule has 0 fully saturated rings. The lowest BCUT2D eigenvalue weighted by Gasteiger charge is -2.13. The summed E-state index contributed by atoms with van der Waals surface area (Å²) in [5.74, 6) is 0.0229. The van der Waals surface area contributed by atoms with Gasteiger partial charge in [0, 0.05) is 34.3 Å². The number of aromatic nitrogens is 4. The van der Waals surface area contributed by atoms with Crippen LogP contribution < -0.4 is 10.2 Å². The third kappa shape index (κ3) is 5.05. The van der Waals surface area contributed by atoms with Crippen molar-refractivity contribution in [2.45, 2.75) is 19.6 Å². The molecule has 1 unspecified atom stereocenters. The predicted molar refractivity (Wildman–Crippen MR) is 145 cm³/mol. The summed E-state index contributed by atoms with van der Waals surface area (Å²) in [5.41, 5.74) is 6.03. The highest BCUT2D eigenvalue weighted by atomic mass is 35.5. The maximum absolute atomic E-state index is 13.5. The third-order valence-corrected chi connectivity index (χ3v) is 6.88. The van der Waals surface area contributed by atoms with Crippen molar-refractivity contribution >= 4 is 39.3 Å². The van der Waals surface area contributed by atoms with Gasteiger partial charge in [-0.2, -0.15) is 0 Å². The largest absolute Gasteiger partial charge is 0.346 e. The van der Waals surface area contributed by atoms with Gasteiger partial charge in [-0.15, -0.1) is 0 Å². The van der Waals surface area contributed by atoms with E-state index in [9.17, 15) is 9.00 Å². The Bertz CT molecular complexity index is 1630. The minimum atomic E-state index is -1.52. The molecule has 1 atom stereocenters. The van der Waals surface area contributed by atoms with E-state index in [-0.39, 0.29) is 11.2 Å². The Morgan fingerprint density at radius 2 is 1.78 bits per heavy atom. The molecule has 0 saturated heterocycles. The van der Waals surface area contributed by atoms with Gasteiger partial charge >= 0.3 is 0 Å². The van der Waals surface area contributed by atoms with Gasteiger partial charge < -0.3 is 9.71 Å². The molecule has 9 heteroatoms. The second kappa shape index (κ2) is 10.0. The zero-order chi connectivity index (χ0) is 25.2.